The maximum atomic E-state index is 11.4. The fraction of sp³-hybridized carbons (Fsp3) is 0.636. The quantitative estimate of drug-likeness (QED) is 0.546. The fourth-order valence-electron chi connectivity index (χ4n) is 2.20. The van der Waals surface area contributed by atoms with E-state index in [1.165, 1.54) is 6.08 Å². The third kappa shape index (κ3) is 1.37. The zero-order valence-electron chi connectivity index (χ0n) is 8.40. The molecule has 0 radical (unpaired) electrons. The summed E-state index contributed by atoms with van der Waals surface area (Å²) in [6.45, 7) is 3.89. The largest absolute Gasteiger partial charge is 0.458 e. The number of esters is 1. The zero-order valence-corrected chi connectivity index (χ0v) is 8.40. The van der Waals surface area contributed by atoms with E-state index in [-0.39, 0.29) is 35.6 Å². The van der Waals surface area contributed by atoms with Crippen molar-refractivity contribution in [3.05, 3.63) is 12.2 Å². The van der Waals surface area contributed by atoms with Crippen LogP contribution in [-0.2, 0) is 14.3 Å². The minimum atomic E-state index is -0.175. The predicted octanol–water partition coefficient (Wildman–Crippen LogP) is 1.33. The Labute approximate surface area is 83.1 Å². The minimum Gasteiger partial charge on any atom is -0.458 e. The molecule has 0 aromatic carbocycles. The van der Waals surface area contributed by atoms with Crippen LogP contribution in [0.25, 0.3) is 0 Å². The van der Waals surface area contributed by atoms with Crippen molar-refractivity contribution >= 4 is 11.8 Å². The van der Waals surface area contributed by atoms with Crippen molar-refractivity contribution in [3.63, 3.8) is 0 Å². The highest BCUT2D eigenvalue weighted by Gasteiger charge is 2.42. The normalized spacial score (nSPS) is 41.9. The molecule has 14 heavy (non-hydrogen) atoms. The number of fused-ring (bicyclic) bond motifs is 1. The van der Waals surface area contributed by atoms with Gasteiger partial charge in [0, 0.05) is 12.3 Å². The van der Waals surface area contributed by atoms with Crippen LogP contribution in [0.3, 0.4) is 0 Å². The van der Waals surface area contributed by atoms with Crippen molar-refractivity contribution in [1.29, 1.82) is 0 Å². The second kappa shape index (κ2) is 3.23. The molecule has 4 atom stereocenters. The van der Waals surface area contributed by atoms with Crippen LogP contribution in [0.2, 0.25) is 0 Å². The highest BCUT2D eigenvalue weighted by Crippen LogP contribution is 2.36. The molecule has 2 aliphatic rings. The lowest BCUT2D eigenvalue weighted by Crippen LogP contribution is -2.44. The third-order valence-corrected chi connectivity index (χ3v) is 3.42. The number of ketones is 1. The molecule has 1 fully saturated rings. The summed E-state index contributed by atoms with van der Waals surface area (Å²) in [5, 5.41) is 0. The molecule has 1 heterocycles. The molecular weight excluding hydrogens is 180 g/mol. The average Bonchev–Trinajstić information content (AvgIpc) is 2.16. The molecule has 0 bridgehead atoms. The number of carbonyl (C=O) groups is 2. The van der Waals surface area contributed by atoms with Gasteiger partial charge in [0.2, 0.25) is 0 Å². The molecule has 0 saturated carbocycles. The third-order valence-electron chi connectivity index (χ3n) is 3.42. The molecule has 1 aliphatic carbocycles. The van der Waals surface area contributed by atoms with Crippen molar-refractivity contribution < 1.29 is 14.3 Å². The van der Waals surface area contributed by atoms with Crippen LogP contribution in [-0.4, -0.2) is 17.9 Å². The Kier molecular flexibility index (Phi) is 2.17. The van der Waals surface area contributed by atoms with Crippen LogP contribution in [0.15, 0.2) is 12.2 Å². The van der Waals surface area contributed by atoms with E-state index < -0.39 is 0 Å². The Balaban J connectivity index is 2.24. The van der Waals surface area contributed by atoms with Gasteiger partial charge in [-0.15, -0.1) is 0 Å². The molecule has 76 valence electrons. The first-order valence-corrected chi connectivity index (χ1v) is 5.01. The smallest absolute Gasteiger partial charge is 0.309 e. The van der Waals surface area contributed by atoms with Gasteiger partial charge in [-0.3, -0.25) is 9.59 Å². The first-order valence-electron chi connectivity index (χ1n) is 5.01. The second-order valence-electron chi connectivity index (χ2n) is 4.24. The van der Waals surface area contributed by atoms with Crippen molar-refractivity contribution in [2.75, 3.05) is 0 Å². The van der Waals surface area contributed by atoms with Crippen molar-refractivity contribution in [1.82, 2.24) is 0 Å². The number of hydrogen-bond acceptors (Lipinski definition) is 3. The van der Waals surface area contributed by atoms with E-state index in [0.29, 0.717) is 6.42 Å². The average molecular weight is 194 g/mol. The van der Waals surface area contributed by atoms with Gasteiger partial charge in [0.05, 0.1) is 5.92 Å². The van der Waals surface area contributed by atoms with Gasteiger partial charge in [0.15, 0.2) is 5.78 Å². The Bertz CT molecular complexity index is 306. The number of hydrogen-bond donors (Lipinski definition) is 0. The Morgan fingerprint density at radius 1 is 1.36 bits per heavy atom. The van der Waals surface area contributed by atoms with E-state index in [9.17, 15) is 9.59 Å². The number of allylic oxidation sites excluding steroid dienone is 1. The van der Waals surface area contributed by atoms with Crippen LogP contribution in [0, 0.1) is 17.8 Å². The summed E-state index contributed by atoms with van der Waals surface area (Å²) in [7, 11) is 0. The summed E-state index contributed by atoms with van der Waals surface area (Å²) >= 11 is 0. The van der Waals surface area contributed by atoms with Gasteiger partial charge in [-0.05, 0) is 18.1 Å². The lowest BCUT2D eigenvalue weighted by molar-refractivity contribution is -0.167. The van der Waals surface area contributed by atoms with Gasteiger partial charge in [0.1, 0.15) is 6.10 Å². The topological polar surface area (TPSA) is 43.4 Å². The summed E-state index contributed by atoms with van der Waals surface area (Å²) in [5.74, 6) is 0.326. The fourth-order valence-corrected chi connectivity index (χ4v) is 2.20. The van der Waals surface area contributed by atoms with Gasteiger partial charge >= 0.3 is 5.97 Å². The first-order chi connectivity index (χ1) is 6.59. The molecule has 0 amide bonds. The standard InChI is InChI=1S/C11H14O3/c1-6-7(2)11(13)14-10-4-3-8(12)5-9(6)10/h3-4,6-7,9-10H,5H2,1-2H3. The SMILES string of the molecule is CC1C(=O)OC2C=CC(=O)CC2C1C. The summed E-state index contributed by atoms with van der Waals surface area (Å²) < 4.78 is 5.24. The molecule has 4 unspecified atom stereocenters. The molecule has 0 N–H and O–H groups in total. The van der Waals surface area contributed by atoms with Crippen molar-refractivity contribution in [3.8, 4) is 0 Å². The minimum absolute atomic E-state index is 0.0875. The molecule has 1 saturated heterocycles. The maximum absolute atomic E-state index is 11.4. The van der Waals surface area contributed by atoms with E-state index >= 15 is 0 Å². The summed E-state index contributed by atoms with van der Waals surface area (Å²) in [6, 6.07) is 0. The molecular formula is C11H14O3. The monoisotopic (exact) mass is 194 g/mol. The van der Waals surface area contributed by atoms with Gasteiger partial charge in [0.25, 0.3) is 0 Å². The number of carbonyl (C=O) groups excluding carboxylic acids is 2. The molecule has 1 aliphatic heterocycles. The lowest BCUT2D eigenvalue weighted by atomic mass is 9.74. The van der Waals surface area contributed by atoms with Gasteiger partial charge in [-0.1, -0.05) is 13.8 Å². The maximum Gasteiger partial charge on any atom is 0.309 e. The van der Waals surface area contributed by atoms with Crippen LogP contribution in [0.1, 0.15) is 20.3 Å². The van der Waals surface area contributed by atoms with Gasteiger partial charge < -0.3 is 4.74 Å². The first kappa shape index (κ1) is 9.44. The van der Waals surface area contributed by atoms with Gasteiger partial charge in [-0.2, -0.15) is 0 Å². The Morgan fingerprint density at radius 2 is 2.07 bits per heavy atom. The van der Waals surface area contributed by atoms with E-state index in [0.717, 1.165) is 0 Å². The zero-order chi connectivity index (χ0) is 10.3. The van der Waals surface area contributed by atoms with E-state index in [1.807, 2.05) is 13.8 Å². The lowest BCUT2D eigenvalue weighted by Gasteiger charge is -2.39. The highest BCUT2D eigenvalue weighted by atomic mass is 16.5. The number of ether oxygens (including phenoxy) is 1. The van der Waals surface area contributed by atoms with E-state index in [1.54, 1.807) is 6.08 Å². The predicted molar refractivity (Wildman–Crippen MR) is 50.5 cm³/mol. The molecule has 3 nitrogen and oxygen atoms in total. The molecule has 3 heteroatoms. The second-order valence-corrected chi connectivity index (χ2v) is 4.24. The van der Waals surface area contributed by atoms with Crippen LogP contribution in [0.4, 0.5) is 0 Å². The molecule has 2 rings (SSSR count). The van der Waals surface area contributed by atoms with Crippen LogP contribution in [0.5, 0.6) is 0 Å². The van der Waals surface area contributed by atoms with E-state index in [4.69, 9.17) is 4.74 Å². The molecule has 0 aromatic rings. The van der Waals surface area contributed by atoms with Crippen LogP contribution >= 0.6 is 0 Å². The molecule has 0 spiro atoms. The summed E-state index contributed by atoms with van der Waals surface area (Å²) in [4.78, 5) is 22.6. The van der Waals surface area contributed by atoms with Crippen LogP contribution < -0.4 is 0 Å². The number of rotatable bonds is 0. The Morgan fingerprint density at radius 3 is 2.79 bits per heavy atom. The highest BCUT2D eigenvalue weighted by molar-refractivity contribution is 5.91. The van der Waals surface area contributed by atoms with E-state index in [2.05, 4.69) is 0 Å². The van der Waals surface area contributed by atoms with Crippen molar-refractivity contribution in [2.24, 2.45) is 17.8 Å². The molecule has 0 aromatic heterocycles. The summed E-state index contributed by atoms with van der Waals surface area (Å²) in [6.07, 6.45) is 3.58. The summed E-state index contributed by atoms with van der Waals surface area (Å²) in [5.41, 5.74) is 0. The van der Waals surface area contributed by atoms with Crippen molar-refractivity contribution in [2.45, 2.75) is 26.4 Å². The Hall–Kier alpha value is -1.12. The van der Waals surface area contributed by atoms with Gasteiger partial charge in [-0.25, -0.2) is 0 Å².